The number of hydrogen-bond donors (Lipinski definition) is 0. The van der Waals surface area contributed by atoms with E-state index in [1.54, 1.807) is 0 Å². The first-order valence-electron chi connectivity index (χ1n) is 20.6. The highest BCUT2D eigenvalue weighted by Crippen LogP contribution is 2.66. The van der Waals surface area contributed by atoms with Crippen molar-refractivity contribution in [2.75, 3.05) is 9.80 Å². The minimum absolute atomic E-state index is 0.270. The van der Waals surface area contributed by atoms with Gasteiger partial charge in [-0.25, -0.2) is 8.78 Å². The molecule has 0 radical (unpaired) electrons. The first-order chi connectivity index (χ1) is 30.1. The normalized spacial score (nSPS) is 12.9. The van der Waals surface area contributed by atoms with Crippen LogP contribution in [0.4, 0.5) is 42.9 Å². The second-order valence-corrected chi connectivity index (χ2v) is 15.9. The predicted molar refractivity (Wildman–Crippen MR) is 247 cm³/mol. The maximum atomic E-state index is 14.6. The van der Waals surface area contributed by atoms with E-state index in [-0.39, 0.29) is 11.6 Å². The molecule has 0 heterocycles. The summed E-state index contributed by atoms with van der Waals surface area (Å²) in [5, 5.41) is 4.53. The van der Waals surface area contributed by atoms with E-state index in [2.05, 4.69) is 155 Å². The molecule has 61 heavy (non-hydrogen) atoms. The van der Waals surface area contributed by atoms with Gasteiger partial charge in [-0.15, -0.1) is 0 Å². The fourth-order valence-electron chi connectivity index (χ4n) is 10.3. The summed E-state index contributed by atoms with van der Waals surface area (Å²) in [4.78, 5) is 4.45. The highest BCUT2D eigenvalue weighted by molar-refractivity contribution is 6.15. The van der Waals surface area contributed by atoms with E-state index in [9.17, 15) is 8.78 Å². The molecule has 1 spiro atoms. The van der Waals surface area contributed by atoms with Crippen molar-refractivity contribution in [1.82, 2.24) is 0 Å². The van der Waals surface area contributed by atoms with Crippen LogP contribution in [-0.4, -0.2) is 0 Å². The molecule has 288 valence electrons. The molecule has 0 atom stereocenters. The van der Waals surface area contributed by atoms with E-state index < -0.39 is 5.41 Å². The predicted octanol–water partition coefficient (Wildman–Crippen LogP) is 15.6. The van der Waals surface area contributed by atoms with Crippen molar-refractivity contribution in [2.24, 2.45) is 0 Å². The van der Waals surface area contributed by atoms with Crippen LogP contribution in [0.1, 0.15) is 22.3 Å². The van der Waals surface area contributed by atoms with E-state index in [1.807, 2.05) is 48.5 Å². The summed E-state index contributed by atoms with van der Waals surface area (Å²) in [6.45, 7) is 0. The summed E-state index contributed by atoms with van der Waals surface area (Å²) in [6.07, 6.45) is 0. The summed E-state index contributed by atoms with van der Waals surface area (Å²) in [5.74, 6) is -0.545. The van der Waals surface area contributed by atoms with Crippen LogP contribution in [0, 0.1) is 11.6 Å². The molecule has 0 fully saturated rings. The van der Waals surface area contributed by atoms with Gasteiger partial charge in [-0.3, -0.25) is 0 Å². The molecule has 0 aromatic heterocycles. The molecule has 12 rings (SSSR count). The number of rotatable bonds is 6. The van der Waals surface area contributed by atoms with E-state index in [0.717, 1.165) is 50.3 Å². The lowest BCUT2D eigenvalue weighted by molar-refractivity contribution is 0.627. The molecular formula is C57H36F2N2. The summed E-state index contributed by atoms with van der Waals surface area (Å²) in [5.41, 5.74) is 14.9. The Morgan fingerprint density at radius 2 is 0.820 bits per heavy atom. The van der Waals surface area contributed by atoms with Gasteiger partial charge >= 0.3 is 0 Å². The molecule has 0 bridgehead atoms. The average molecular weight is 787 g/mol. The Kier molecular flexibility index (Phi) is 7.85. The van der Waals surface area contributed by atoms with Crippen molar-refractivity contribution >= 4 is 55.7 Å². The van der Waals surface area contributed by atoms with E-state index in [1.165, 1.54) is 74.2 Å². The smallest absolute Gasteiger partial charge is 0.123 e. The fraction of sp³-hybridized carbons (Fsp3) is 0.0175. The monoisotopic (exact) mass is 786 g/mol. The fourth-order valence-corrected chi connectivity index (χ4v) is 10.3. The topological polar surface area (TPSA) is 6.48 Å². The van der Waals surface area contributed by atoms with Crippen molar-refractivity contribution in [2.45, 2.75) is 5.41 Å². The summed E-state index contributed by atoms with van der Waals surface area (Å²) >= 11 is 0. The van der Waals surface area contributed by atoms with Crippen LogP contribution in [0.3, 0.4) is 0 Å². The van der Waals surface area contributed by atoms with Gasteiger partial charge in [0.25, 0.3) is 0 Å². The third kappa shape index (κ3) is 5.19. The maximum absolute atomic E-state index is 14.6. The molecular weight excluding hydrogens is 751 g/mol. The molecule has 4 heteroatoms. The van der Waals surface area contributed by atoms with Crippen LogP contribution in [0.2, 0.25) is 0 Å². The minimum Gasteiger partial charge on any atom is -0.310 e. The second kappa shape index (κ2) is 13.6. The van der Waals surface area contributed by atoms with Gasteiger partial charge in [0.15, 0.2) is 0 Å². The molecule has 10 aromatic rings. The molecule has 0 saturated heterocycles. The molecule has 0 saturated carbocycles. The molecule has 2 nitrogen and oxygen atoms in total. The number of benzene rings is 10. The number of fused-ring (bicyclic) bond motifs is 14. The van der Waals surface area contributed by atoms with Crippen molar-refractivity contribution in [3.63, 3.8) is 0 Å². The lowest BCUT2D eigenvalue weighted by Gasteiger charge is -2.33. The quantitative estimate of drug-likeness (QED) is 0.166. The second-order valence-electron chi connectivity index (χ2n) is 15.9. The van der Waals surface area contributed by atoms with Crippen LogP contribution in [0.5, 0.6) is 0 Å². The molecule has 0 N–H and O–H groups in total. The van der Waals surface area contributed by atoms with Crippen LogP contribution in [-0.2, 0) is 5.41 Å². The third-order valence-electron chi connectivity index (χ3n) is 12.7. The molecule has 0 amide bonds. The lowest BCUT2D eigenvalue weighted by Crippen LogP contribution is -2.26. The molecule has 0 unspecified atom stereocenters. The van der Waals surface area contributed by atoms with E-state index in [4.69, 9.17) is 0 Å². The van der Waals surface area contributed by atoms with Crippen LogP contribution in [0.15, 0.2) is 218 Å². The number of halogens is 2. The standard InChI is InChI=1S/C57H36F2N2/c58-38-24-28-42(29-25-38)60(40-13-3-1-4-14-40)44-32-34-45-37(35-44)23-33-50-55-49-20-8-7-19-48(49)54(61(41-15-5-2-6-16-41)43-30-26-39(59)27-31-43)36-53(55)57(56(45)50)51-21-11-9-17-46(51)47-18-10-12-22-52(47)57/h1-36H. The Balaban J connectivity index is 1.18. The van der Waals surface area contributed by atoms with Crippen molar-refractivity contribution in [1.29, 1.82) is 0 Å². The molecule has 2 aliphatic rings. The SMILES string of the molecule is Fc1ccc(N(c2ccccc2)c2ccc3c4c(ccc3c2)-c2c(cc(N(c3ccccc3)c3ccc(F)cc3)c3ccccc23)C42c3ccccc3-c3ccccc32)cc1. The minimum atomic E-state index is -0.668. The van der Waals surface area contributed by atoms with Crippen LogP contribution < -0.4 is 9.80 Å². The highest BCUT2D eigenvalue weighted by atomic mass is 19.1. The van der Waals surface area contributed by atoms with Gasteiger partial charge < -0.3 is 9.80 Å². The summed E-state index contributed by atoms with van der Waals surface area (Å²) in [7, 11) is 0. The van der Waals surface area contributed by atoms with Crippen LogP contribution >= 0.6 is 0 Å². The number of nitrogens with zero attached hydrogens (tertiary/aromatic N) is 2. The average Bonchev–Trinajstić information content (AvgIpc) is 3.79. The highest BCUT2D eigenvalue weighted by Gasteiger charge is 2.53. The van der Waals surface area contributed by atoms with E-state index in [0.29, 0.717) is 0 Å². The molecule has 2 aliphatic carbocycles. The van der Waals surface area contributed by atoms with Gasteiger partial charge in [0, 0.05) is 33.8 Å². The molecule has 10 aromatic carbocycles. The van der Waals surface area contributed by atoms with Gasteiger partial charge in [0.2, 0.25) is 0 Å². The Bertz CT molecular complexity index is 3280. The first kappa shape index (κ1) is 35.2. The first-order valence-corrected chi connectivity index (χ1v) is 20.6. The zero-order valence-electron chi connectivity index (χ0n) is 32.9. The number of anilines is 6. The lowest BCUT2D eigenvalue weighted by atomic mass is 9.69. The Morgan fingerprint density at radius 3 is 1.44 bits per heavy atom. The zero-order chi connectivity index (χ0) is 40.7. The maximum Gasteiger partial charge on any atom is 0.123 e. The zero-order valence-corrected chi connectivity index (χ0v) is 32.9. The largest absolute Gasteiger partial charge is 0.310 e. The van der Waals surface area contributed by atoms with Gasteiger partial charge in [-0.2, -0.15) is 0 Å². The van der Waals surface area contributed by atoms with Crippen LogP contribution in [0.25, 0.3) is 43.8 Å². The number of hydrogen-bond acceptors (Lipinski definition) is 2. The number of para-hydroxylation sites is 2. The Hall–Kier alpha value is -7.82. The van der Waals surface area contributed by atoms with Gasteiger partial charge in [0.1, 0.15) is 11.6 Å². The van der Waals surface area contributed by atoms with Crippen molar-refractivity contribution < 1.29 is 8.78 Å². The van der Waals surface area contributed by atoms with Crippen molar-refractivity contribution in [3.05, 3.63) is 252 Å². The third-order valence-corrected chi connectivity index (χ3v) is 12.7. The van der Waals surface area contributed by atoms with Crippen molar-refractivity contribution in [3.8, 4) is 22.3 Å². The summed E-state index contributed by atoms with van der Waals surface area (Å²) < 4.78 is 28.8. The van der Waals surface area contributed by atoms with Gasteiger partial charge in [-0.05, 0) is 152 Å². The van der Waals surface area contributed by atoms with Gasteiger partial charge in [0.05, 0.1) is 11.1 Å². The van der Waals surface area contributed by atoms with E-state index >= 15 is 0 Å². The van der Waals surface area contributed by atoms with Gasteiger partial charge in [-0.1, -0.05) is 127 Å². The molecule has 0 aliphatic heterocycles. The Labute approximate surface area is 352 Å². The summed E-state index contributed by atoms with van der Waals surface area (Å²) in [6, 6.07) is 74.4. The Morgan fingerprint density at radius 1 is 0.328 bits per heavy atom.